The molecule has 6 aromatic carbocycles. The molecule has 14 nitrogen and oxygen atoms in total. The van der Waals surface area contributed by atoms with Gasteiger partial charge in [-0.05, 0) is 72.8 Å². The van der Waals surface area contributed by atoms with Gasteiger partial charge in [-0.1, -0.05) is 109 Å². The van der Waals surface area contributed by atoms with Gasteiger partial charge >= 0.3 is 0 Å². The maximum absolute atomic E-state index is 14.7. The molecule has 1 aliphatic heterocycles. The molecule has 0 unspecified atom stereocenters. The summed E-state index contributed by atoms with van der Waals surface area (Å²) < 4.78 is 118. The molecule has 308 valence electrons. The molecule has 0 N–H and O–H groups in total. The second-order valence-electron chi connectivity index (χ2n) is 13.6. The fourth-order valence-electron chi connectivity index (χ4n) is 6.77. The van der Waals surface area contributed by atoms with Crippen LogP contribution in [0.2, 0.25) is 0 Å². The monoisotopic (exact) mass is 898 g/mol. The summed E-state index contributed by atoms with van der Waals surface area (Å²) in [6.45, 7) is 0. The first-order chi connectivity index (χ1) is 29.8. The highest BCUT2D eigenvalue weighted by molar-refractivity contribution is 7.95. The molecule has 2 aromatic heterocycles. The van der Waals surface area contributed by atoms with Crippen molar-refractivity contribution in [1.82, 2.24) is 19.9 Å². The Morgan fingerprint density at radius 3 is 0.629 bits per heavy atom. The van der Waals surface area contributed by atoms with Crippen molar-refractivity contribution in [3.05, 3.63) is 182 Å². The van der Waals surface area contributed by atoms with E-state index < -0.39 is 59.5 Å². The summed E-state index contributed by atoms with van der Waals surface area (Å²) in [5.74, 6) is -1.20. The van der Waals surface area contributed by atoms with Crippen LogP contribution in [0, 0.1) is 0 Å². The molecule has 0 bridgehead atoms. The average Bonchev–Trinajstić information content (AvgIpc) is 3.31. The molecule has 0 saturated heterocycles. The normalized spacial score (nSPS) is 13.0. The van der Waals surface area contributed by atoms with Gasteiger partial charge < -0.3 is 0 Å². The zero-order valence-electron chi connectivity index (χ0n) is 31.9. The summed E-state index contributed by atoms with van der Waals surface area (Å²) in [7, 11) is -19.2. The van der Waals surface area contributed by atoms with Gasteiger partial charge in [-0.2, -0.15) is 0 Å². The Bertz CT molecular complexity index is 3020. The lowest BCUT2D eigenvalue weighted by Gasteiger charge is -2.37. The van der Waals surface area contributed by atoms with Crippen molar-refractivity contribution in [1.29, 1.82) is 0 Å². The molecule has 0 spiro atoms. The molecular weight excluding hydrogens is 869 g/mol. The number of hydrogen-bond acceptors (Lipinski definition) is 14. The second-order valence-corrected chi connectivity index (χ2v) is 21.0. The maximum atomic E-state index is 14.7. The predicted octanol–water partition coefficient (Wildman–Crippen LogP) is 7.85. The zero-order chi connectivity index (χ0) is 43.3. The molecule has 62 heavy (non-hydrogen) atoms. The molecular formula is C44H30N6O8S4. The highest BCUT2D eigenvalue weighted by atomic mass is 32.2. The Morgan fingerprint density at radius 1 is 0.258 bits per heavy atom. The van der Waals surface area contributed by atoms with Gasteiger partial charge in [0.2, 0.25) is 39.3 Å². The standard InChI is InChI=1S/C44H30N6O8S4/c51-59(52,33-23-11-3-12-24-33)41-43(61(55,56)35-27-15-5-16-28-35)47-39-37(45-41)49(31-19-7-1-8-20-31)38-40(50(39)32-21-9-2-10-22-32)48-44(62(57,58)36-29-17-6-18-30-36)42(46-38)60(53,54)34-25-13-4-14-26-34/h1-30H. The fourth-order valence-corrected chi connectivity index (χ4v) is 13.0. The third-order valence-corrected chi connectivity index (χ3v) is 16.7. The number of nitrogens with zero attached hydrogens (tertiary/aromatic N) is 6. The number of sulfone groups is 4. The molecule has 18 heteroatoms. The lowest BCUT2D eigenvalue weighted by molar-refractivity contribution is 0.569. The van der Waals surface area contributed by atoms with Crippen LogP contribution in [0.15, 0.2) is 222 Å². The van der Waals surface area contributed by atoms with Gasteiger partial charge in [-0.3, -0.25) is 9.80 Å². The Kier molecular flexibility index (Phi) is 10.0. The van der Waals surface area contributed by atoms with Crippen molar-refractivity contribution in [3.63, 3.8) is 0 Å². The van der Waals surface area contributed by atoms with Gasteiger partial charge in [0.25, 0.3) is 0 Å². The van der Waals surface area contributed by atoms with E-state index in [0.717, 1.165) is 0 Å². The van der Waals surface area contributed by atoms with Crippen LogP contribution in [0.25, 0.3) is 0 Å². The SMILES string of the molecule is O=S(=O)(c1ccccc1)c1nc2c(nc1S(=O)(=O)c1ccccc1)N(c1ccccc1)c1nc(S(=O)(=O)c3ccccc3)c(S(=O)(=O)c3ccccc3)nc1N2c1ccccc1. The zero-order valence-corrected chi connectivity index (χ0v) is 35.2. The van der Waals surface area contributed by atoms with E-state index in [-0.39, 0.29) is 54.2 Å². The van der Waals surface area contributed by atoms with Gasteiger partial charge in [0, 0.05) is 11.4 Å². The minimum Gasteiger partial charge on any atom is -0.273 e. The first kappa shape index (κ1) is 40.3. The average molecular weight is 899 g/mol. The van der Waals surface area contributed by atoms with E-state index in [1.165, 1.54) is 107 Å². The number of benzene rings is 6. The molecule has 0 aliphatic carbocycles. The van der Waals surface area contributed by atoms with Crippen molar-refractivity contribution in [2.75, 3.05) is 9.80 Å². The number of aromatic nitrogens is 4. The summed E-state index contributed by atoms with van der Waals surface area (Å²) in [4.78, 5) is 20.1. The summed E-state index contributed by atoms with van der Waals surface area (Å²) >= 11 is 0. The van der Waals surface area contributed by atoms with Crippen molar-refractivity contribution in [2.45, 2.75) is 39.7 Å². The maximum Gasteiger partial charge on any atom is 0.226 e. The summed E-state index contributed by atoms with van der Waals surface area (Å²) in [6, 6.07) is 44.8. The number of para-hydroxylation sites is 2. The molecule has 1 aliphatic rings. The minimum absolute atomic E-state index is 0.231. The highest BCUT2D eigenvalue weighted by Crippen LogP contribution is 2.53. The molecule has 9 rings (SSSR count). The van der Waals surface area contributed by atoms with Gasteiger partial charge in [0.15, 0.2) is 43.4 Å². The number of rotatable bonds is 10. The van der Waals surface area contributed by atoms with Gasteiger partial charge in [0.05, 0.1) is 19.6 Å². The molecule has 3 heterocycles. The van der Waals surface area contributed by atoms with Gasteiger partial charge in [-0.15, -0.1) is 0 Å². The highest BCUT2D eigenvalue weighted by Gasteiger charge is 2.44. The Hall–Kier alpha value is -7.12. The molecule has 0 atom stereocenters. The van der Waals surface area contributed by atoms with Crippen LogP contribution < -0.4 is 9.80 Å². The van der Waals surface area contributed by atoms with E-state index in [9.17, 15) is 33.7 Å². The van der Waals surface area contributed by atoms with E-state index >= 15 is 0 Å². The van der Waals surface area contributed by atoms with E-state index in [0.29, 0.717) is 0 Å². The molecule has 0 amide bonds. The van der Waals surface area contributed by atoms with Crippen LogP contribution in [-0.4, -0.2) is 53.6 Å². The lowest BCUT2D eigenvalue weighted by atomic mass is 10.2. The van der Waals surface area contributed by atoms with Crippen molar-refractivity contribution >= 4 is 74.0 Å². The van der Waals surface area contributed by atoms with Crippen LogP contribution in [0.1, 0.15) is 0 Å². The molecule has 0 fully saturated rings. The van der Waals surface area contributed by atoms with Crippen LogP contribution in [0.5, 0.6) is 0 Å². The third kappa shape index (κ3) is 6.78. The predicted molar refractivity (Wildman–Crippen MR) is 228 cm³/mol. The third-order valence-electron chi connectivity index (χ3n) is 9.70. The van der Waals surface area contributed by atoms with E-state index in [1.807, 2.05) is 0 Å². The molecule has 8 aromatic rings. The van der Waals surface area contributed by atoms with Crippen molar-refractivity contribution < 1.29 is 33.7 Å². The summed E-state index contributed by atoms with van der Waals surface area (Å²) in [5.41, 5.74) is 0.463. The topological polar surface area (TPSA) is 195 Å². The smallest absolute Gasteiger partial charge is 0.226 e. The second kappa shape index (κ2) is 15.4. The molecule has 0 radical (unpaired) electrons. The minimum atomic E-state index is -4.79. The Balaban J connectivity index is 1.46. The lowest BCUT2D eigenvalue weighted by Crippen LogP contribution is -2.31. The van der Waals surface area contributed by atoms with Crippen LogP contribution in [0.3, 0.4) is 0 Å². The molecule has 0 saturated carbocycles. The van der Waals surface area contributed by atoms with Crippen LogP contribution in [-0.2, 0) is 39.3 Å². The van der Waals surface area contributed by atoms with E-state index in [4.69, 9.17) is 0 Å². The Morgan fingerprint density at radius 2 is 0.435 bits per heavy atom. The largest absolute Gasteiger partial charge is 0.273 e. The van der Waals surface area contributed by atoms with Crippen molar-refractivity contribution in [2.24, 2.45) is 0 Å². The quantitative estimate of drug-likeness (QED) is 0.129. The van der Waals surface area contributed by atoms with Crippen LogP contribution in [0.4, 0.5) is 34.6 Å². The number of anilines is 6. The summed E-state index contributed by atoms with van der Waals surface area (Å²) in [5, 5.41) is -3.73. The van der Waals surface area contributed by atoms with Crippen molar-refractivity contribution in [3.8, 4) is 0 Å². The number of fused-ring (bicyclic) bond motifs is 2. The van der Waals surface area contributed by atoms with Gasteiger partial charge in [-0.25, -0.2) is 53.6 Å². The van der Waals surface area contributed by atoms with E-state index in [2.05, 4.69) is 19.9 Å². The first-order valence-corrected chi connectivity index (χ1v) is 24.5. The number of hydrogen-bond donors (Lipinski definition) is 0. The van der Waals surface area contributed by atoms with Crippen LogP contribution >= 0.6 is 0 Å². The Labute approximate surface area is 357 Å². The summed E-state index contributed by atoms with van der Waals surface area (Å²) in [6.07, 6.45) is 0. The fraction of sp³-hybridized carbons (Fsp3) is 0. The first-order valence-electron chi connectivity index (χ1n) is 18.6. The van der Waals surface area contributed by atoms with Gasteiger partial charge in [0.1, 0.15) is 0 Å². The van der Waals surface area contributed by atoms with E-state index in [1.54, 1.807) is 84.9 Å².